The summed E-state index contributed by atoms with van der Waals surface area (Å²) < 4.78 is 4.91. The average molecular weight is 194 g/mol. The number of carbonyl (C=O) groups is 1. The maximum atomic E-state index is 10.8. The van der Waals surface area contributed by atoms with Gasteiger partial charge in [-0.2, -0.15) is 12.6 Å². The Morgan fingerprint density at radius 3 is 2.54 bits per heavy atom. The van der Waals surface area contributed by atoms with Crippen molar-refractivity contribution in [1.82, 2.24) is 0 Å². The first kappa shape index (κ1) is 9.86. The van der Waals surface area contributed by atoms with Crippen LogP contribution in [0.3, 0.4) is 0 Å². The number of hydrogen-bond acceptors (Lipinski definition) is 3. The molecule has 0 atom stereocenters. The summed E-state index contributed by atoms with van der Waals surface area (Å²) in [5, 5.41) is 0. The number of esters is 1. The van der Waals surface area contributed by atoms with Crippen LogP contribution < -0.4 is 4.74 Å². The predicted molar refractivity (Wildman–Crippen MR) is 56.0 cm³/mol. The SMILES string of the molecule is C=Cc1ccc(OC(=O)CS)cc1. The molecule has 1 aromatic rings. The fourth-order valence-electron chi connectivity index (χ4n) is 0.836. The van der Waals surface area contributed by atoms with Crippen LogP contribution in [0, 0.1) is 0 Å². The van der Waals surface area contributed by atoms with Gasteiger partial charge in [-0.05, 0) is 17.7 Å². The van der Waals surface area contributed by atoms with E-state index in [1.54, 1.807) is 18.2 Å². The molecule has 3 heteroatoms. The molecule has 1 aromatic carbocycles. The van der Waals surface area contributed by atoms with E-state index in [0.29, 0.717) is 5.75 Å². The molecular formula is C10H10O2S. The number of benzene rings is 1. The Morgan fingerprint density at radius 2 is 2.08 bits per heavy atom. The van der Waals surface area contributed by atoms with Crippen molar-refractivity contribution in [3.8, 4) is 5.75 Å². The van der Waals surface area contributed by atoms with E-state index in [4.69, 9.17) is 4.74 Å². The molecule has 0 aliphatic heterocycles. The van der Waals surface area contributed by atoms with Gasteiger partial charge < -0.3 is 4.74 Å². The lowest BCUT2D eigenvalue weighted by atomic mass is 10.2. The molecule has 0 saturated carbocycles. The van der Waals surface area contributed by atoms with Gasteiger partial charge in [0.15, 0.2) is 0 Å². The molecule has 0 saturated heterocycles. The summed E-state index contributed by atoms with van der Waals surface area (Å²) in [7, 11) is 0. The van der Waals surface area contributed by atoms with Crippen LogP contribution >= 0.6 is 12.6 Å². The van der Waals surface area contributed by atoms with Crippen molar-refractivity contribution in [1.29, 1.82) is 0 Å². The van der Waals surface area contributed by atoms with Gasteiger partial charge in [0.2, 0.25) is 0 Å². The number of thiol groups is 1. The van der Waals surface area contributed by atoms with Gasteiger partial charge in [0.25, 0.3) is 0 Å². The monoisotopic (exact) mass is 194 g/mol. The summed E-state index contributed by atoms with van der Waals surface area (Å²) >= 11 is 3.79. The van der Waals surface area contributed by atoms with Gasteiger partial charge in [-0.15, -0.1) is 0 Å². The van der Waals surface area contributed by atoms with Crippen LogP contribution in [0.25, 0.3) is 6.08 Å². The molecule has 0 aliphatic carbocycles. The molecule has 13 heavy (non-hydrogen) atoms. The zero-order chi connectivity index (χ0) is 9.68. The Bertz CT molecular complexity index is 303. The molecule has 0 aliphatic rings. The maximum absolute atomic E-state index is 10.8. The molecule has 0 radical (unpaired) electrons. The summed E-state index contributed by atoms with van der Waals surface area (Å²) in [6.45, 7) is 3.62. The first-order chi connectivity index (χ1) is 6.26. The topological polar surface area (TPSA) is 26.3 Å². The van der Waals surface area contributed by atoms with Gasteiger partial charge in [-0.3, -0.25) is 4.79 Å². The lowest BCUT2D eigenvalue weighted by Gasteiger charge is -2.01. The molecule has 2 nitrogen and oxygen atoms in total. The van der Waals surface area contributed by atoms with E-state index < -0.39 is 0 Å². The Kier molecular flexibility index (Phi) is 3.58. The van der Waals surface area contributed by atoms with E-state index in [-0.39, 0.29) is 11.7 Å². The molecule has 0 aromatic heterocycles. The molecule has 68 valence electrons. The van der Waals surface area contributed by atoms with Crippen LogP contribution in [0.5, 0.6) is 5.75 Å². The van der Waals surface area contributed by atoms with Crippen molar-refractivity contribution >= 4 is 24.7 Å². The summed E-state index contributed by atoms with van der Waals surface area (Å²) in [5.74, 6) is 0.266. The summed E-state index contributed by atoms with van der Waals surface area (Å²) in [5.41, 5.74) is 0.991. The highest BCUT2D eigenvalue weighted by Gasteiger charge is 2.00. The van der Waals surface area contributed by atoms with Crippen molar-refractivity contribution in [3.63, 3.8) is 0 Å². The zero-order valence-electron chi connectivity index (χ0n) is 7.06. The van der Waals surface area contributed by atoms with E-state index >= 15 is 0 Å². The minimum Gasteiger partial charge on any atom is -0.426 e. The standard InChI is InChI=1S/C10H10O2S/c1-2-8-3-5-9(6-4-8)12-10(11)7-13/h2-6,13H,1,7H2. The van der Waals surface area contributed by atoms with Crippen molar-refractivity contribution in [2.45, 2.75) is 0 Å². The number of ether oxygens (including phenoxy) is 1. The molecule has 0 spiro atoms. The molecule has 0 amide bonds. The molecular weight excluding hydrogens is 184 g/mol. The second-order valence-corrected chi connectivity index (χ2v) is 2.72. The fraction of sp³-hybridized carbons (Fsp3) is 0.100. The summed E-state index contributed by atoms with van der Waals surface area (Å²) in [6, 6.07) is 7.10. The lowest BCUT2D eigenvalue weighted by Crippen LogP contribution is -2.08. The van der Waals surface area contributed by atoms with Crippen molar-refractivity contribution in [2.75, 3.05) is 5.75 Å². The molecule has 0 N–H and O–H groups in total. The first-order valence-corrected chi connectivity index (χ1v) is 4.43. The van der Waals surface area contributed by atoms with Gasteiger partial charge in [0.1, 0.15) is 5.75 Å². The highest BCUT2D eigenvalue weighted by atomic mass is 32.1. The average Bonchev–Trinajstić information content (AvgIpc) is 2.19. The molecule has 0 heterocycles. The summed E-state index contributed by atoms with van der Waals surface area (Å²) in [4.78, 5) is 10.8. The predicted octanol–water partition coefficient (Wildman–Crippen LogP) is 2.16. The maximum Gasteiger partial charge on any atom is 0.321 e. The second-order valence-electron chi connectivity index (χ2n) is 2.41. The van der Waals surface area contributed by atoms with Crippen LogP contribution in [0.4, 0.5) is 0 Å². The number of rotatable bonds is 3. The van der Waals surface area contributed by atoms with E-state index in [2.05, 4.69) is 19.2 Å². The Morgan fingerprint density at radius 1 is 1.46 bits per heavy atom. The zero-order valence-corrected chi connectivity index (χ0v) is 7.96. The minimum absolute atomic E-state index is 0.0865. The van der Waals surface area contributed by atoms with Crippen LogP contribution in [0.2, 0.25) is 0 Å². The van der Waals surface area contributed by atoms with Gasteiger partial charge in [-0.1, -0.05) is 24.8 Å². The molecule has 0 unspecified atom stereocenters. The van der Waals surface area contributed by atoms with Crippen LogP contribution in [-0.2, 0) is 4.79 Å². The quantitative estimate of drug-likeness (QED) is 0.453. The first-order valence-electron chi connectivity index (χ1n) is 3.80. The molecule has 0 fully saturated rings. The Labute approximate surface area is 82.6 Å². The van der Waals surface area contributed by atoms with Crippen molar-refractivity contribution in [2.24, 2.45) is 0 Å². The fourth-order valence-corrected chi connectivity index (χ4v) is 0.900. The largest absolute Gasteiger partial charge is 0.426 e. The number of carbonyl (C=O) groups excluding carboxylic acids is 1. The second kappa shape index (κ2) is 4.72. The third-order valence-corrected chi connectivity index (χ3v) is 1.73. The van der Waals surface area contributed by atoms with Gasteiger partial charge in [0.05, 0.1) is 5.75 Å². The van der Waals surface area contributed by atoms with Crippen LogP contribution in [-0.4, -0.2) is 11.7 Å². The Balaban J connectivity index is 2.69. The third kappa shape index (κ3) is 2.95. The van der Waals surface area contributed by atoms with Gasteiger partial charge in [-0.25, -0.2) is 0 Å². The van der Waals surface area contributed by atoms with E-state index in [1.165, 1.54) is 0 Å². The third-order valence-electron chi connectivity index (χ3n) is 1.48. The van der Waals surface area contributed by atoms with Gasteiger partial charge in [0, 0.05) is 0 Å². The highest BCUT2D eigenvalue weighted by molar-refractivity contribution is 7.81. The van der Waals surface area contributed by atoms with Crippen LogP contribution in [0.15, 0.2) is 30.8 Å². The van der Waals surface area contributed by atoms with Crippen molar-refractivity contribution < 1.29 is 9.53 Å². The van der Waals surface area contributed by atoms with Crippen molar-refractivity contribution in [3.05, 3.63) is 36.4 Å². The molecule has 1 rings (SSSR count). The van der Waals surface area contributed by atoms with E-state index in [1.807, 2.05) is 12.1 Å². The summed E-state index contributed by atoms with van der Waals surface area (Å²) in [6.07, 6.45) is 1.73. The lowest BCUT2D eigenvalue weighted by molar-refractivity contribution is -0.131. The van der Waals surface area contributed by atoms with Gasteiger partial charge >= 0.3 is 5.97 Å². The molecule has 0 bridgehead atoms. The smallest absolute Gasteiger partial charge is 0.321 e. The minimum atomic E-state index is -0.352. The van der Waals surface area contributed by atoms with E-state index in [0.717, 1.165) is 5.56 Å². The normalized spacial score (nSPS) is 9.31. The van der Waals surface area contributed by atoms with Crippen LogP contribution in [0.1, 0.15) is 5.56 Å². The van der Waals surface area contributed by atoms with E-state index in [9.17, 15) is 4.79 Å². The highest BCUT2D eigenvalue weighted by Crippen LogP contribution is 2.12. The number of hydrogen-bond donors (Lipinski definition) is 1. The Hall–Kier alpha value is -1.22.